The van der Waals surface area contributed by atoms with Crippen molar-refractivity contribution in [2.24, 2.45) is 0 Å². The molecule has 0 saturated heterocycles. The van der Waals surface area contributed by atoms with Gasteiger partial charge in [0.25, 0.3) is 0 Å². The molecule has 0 N–H and O–H groups in total. The number of benzene rings is 2. The van der Waals surface area contributed by atoms with E-state index in [0.29, 0.717) is 26.0 Å². The lowest BCUT2D eigenvalue weighted by molar-refractivity contribution is -0.130. The maximum Gasteiger partial charge on any atom is 0.222 e. The molecule has 0 unspecified atom stereocenters. The number of aryl methyl sites for hydroxylation is 2. The highest BCUT2D eigenvalue weighted by molar-refractivity contribution is 5.76. The molecule has 5 nitrogen and oxygen atoms in total. The van der Waals surface area contributed by atoms with E-state index in [9.17, 15) is 4.79 Å². The van der Waals surface area contributed by atoms with E-state index in [0.717, 1.165) is 17.0 Å². The van der Waals surface area contributed by atoms with E-state index in [1.807, 2.05) is 85.6 Å². The summed E-state index contributed by atoms with van der Waals surface area (Å²) in [6.07, 6.45) is 4.93. The molecule has 3 aromatic rings. The minimum Gasteiger partial charge on any atom is -0.492 e. The number of carbonyl (C=O) groups is 1. The molecular formula is C22H25N3O2. The van der Waals surface area contributed by atoms with Crippen molar-refractivity contribution in [2.75, 3.05) is 20.2 Å². The highest BCUT2D eigenvalue weighted by atomic mass is 16.5. The molecule has 27 heavy (non-hydrogen) atoms. The van der Waals surface area contributed by atoms with Crippen LogP contribution in [0.4, 0.5) is 0 Å². The number of rotatable bonds is 8. The van der Waals surface area contributed by atoms with Gasteiger partial charge in [-0.15, -0.1) is 0 Å². The Hall–Kier alpha value is -3.08. The standard InChI is InChI=1S/C22H25N3O2/c1-18-8-11-21(12-9-18)27-15-14-24(2)22(26)13-10-19-16-23-25(17-19)20-6-4-3-5-7-20/h3-9,11-12,16-17H,10,13-15H2,1-2H3. The van der Waals surface area contributed by atoms with Gasteiger partial charge in [0.05, 0.1) is 18.4 Å². The van der Waals surface area contributed by atoms with E-state index in [1.54, 1.807) is 4.90 Å². The number of nitrogens with zero attached hydrogens (tertiary/aromatic N) is 3. The summed E-state index contributed by atoms with van der Waals surface area (Å²) in [4.78, 5) is 14.0. The van der Waals surface area contributed by atoms with Crippen LogP contribution in [0.3, 0.4) is 0 Å². The van der Waals surface area contributed by atoms with Crippen LogP contribution in [0, 0.1) is 6.92 Å². The molecule has 1 amide bonds. The molecule has 0 aliphatic rings. The van der Waals surface area contributed by atoms with Gasteiger partial charge in [0.2, 0.25) is 5.91 Å². The Labute approximate surface area is 160 Å². The summed E-state index contributed by atoms with van der Waals surface area (Å²) in [6.45, 7) is 3.09. The van der Waals surface area contributed by atoms with E-state index in [-0.39, 0.29) is 5.91 Å². The smallest absolute Gasteiger partial charge is 0.222 e. The number of ether oxygens (including phenoxy) is 1. The summed E-state index contributed by atoms with van der Waals surface area (Å²) in [5.41, 5.74) is 3.27. The van der Waals surface area contributed by atoms with Gasteiger partial charge in [0.15, 0.2) is 0 Å². The second kappa shape index (κ2) is 9.03. The molecule has 0 aliphatic heterocycles. The Balaban J connectivity index is 1.42. The fraction of sp³-hybridized carbons (Fsp3) is 0.273. The summed E-state index contributed by atoms with van der Waals surface area (Å²) in [6, 6.07) is 17.9. The van der Waals surface area contributed by atoms with Crippen LogP contribution in [0.5, 0.6) is 5.75 Å². The first kappa shape index (κ1) is 18.7. The third-order valence-corrected chi connectivity index (χ3v) is 4.43. The van der Waals surface area contributed by atoms with Crippen molar-refractivity contribution in [1.29, 1.82) is 0 Å². The molecule has 0 aliphatic carbocycles. The van der Waals surface area contributed by atoms with Gasteiger partial charge in [-0.05, 0) is 43.2 Å². The third kappa shape index (κ3) is 5.45. The predicted octanol–water partition coefficient (Wildman–Crippen LogP) is 3.65. The molecule has 0 bridgehead atoms. The number of hydrogen-bond acceptors (Lipinski definition) is 3. The van der Waals surface area contributed by atoms with Gasteiger partial charge >= 0.3 is 0 Å². The van der Waals surface area contributed by atoms with Crippen molar-refractivity contribution in [3.63, 3.8) is 0 Å². The lowest BCUT2D eigenvalue weighted by Crippen LogP contribution is -2.31. The molecule has 1 heterocycles. The fourth-order valence-electron chi connectivity index (χ4n) is 2.71. The van der Waals surface area contributed by atoms with Gasteiger partial charge in [0.1, 0.15) is 12.4 Å². The van der Waals surface area contributed by atoms with E-state index >= 15 is 0 Å². The van der Waals surface area contributed by atoms with Crippen molar-refractivity contribution in [3.8, 4) is 11.4 Å². The van der Waals surface area contributed by atoms with Crippen LogP contribution in [0.1, 0.15) is 17.5 Å². The first-order chi connectivity index (χ1) is 13.1. The number of carbonyl (C=O) groups excluding carboxylic acids is 1. The lowest BCUT2D eigenvalue weighted by atomic mass is 10.2. The number of amides is 1. The Morgan fingerprint density at radius 2 is 1.85 bits per heavy atom. The monoisotopic (exact) mass is 363 g/mol. The molecule has 0 atom stereocenters. The van der Waals surface area contributed by atoms with E-state index in [2.05, 4.69) is 5.10 Å². The van der Waals surface area contributed by atoms with E-state index < -0.39 is 0 Å². The van der Waals surface area contributed by atoms with Crippen LogP contribution in [0.15, 0.2) is 67.0 Å². The molecule has 0 radical (unpaired) electrons. The van der Waals surface area contributed by atoms with E-state index in [1.165, 1.54) is 5.56 Å². The Kier molecular flexibility index (Phi) is 6.26. The number of aromatic nitrogens is 2. The number of hydrogen-bond donors (Lipinski definition) is 0. The summed E-state index contributed by atoms with van der Waals surface area (Å²) in [7, 11) is 1.81. The summed E-state index contributed by atoms with van der Waals surface area (Å²) < 4.78 is 7.52. The zero-order chi connectivity index (χ0) is 19.1. The fourth-order valence-corrected chi connectivity index (χ4v) is 2.71. The van der Waals surface area contributed by atoms with E-state index in [4.69, 9.17) is 4.74 Å². The average molecular weight is 363 g/mol. The highest BCUT2D eigenvalue weighted by Crippen LogP contribution is 2.12. The summed E-state index contributed by atoms with van der Waals surface area (Å²) >= 11 is 0. The molecular weight excluding hydrogens is 338 g/mol. The van der Waals surface area contributed by atoms with Crippen molar-refractivity contribution in [3.05, 3.63) is 78.1 Å². The van der Waals surface area contributed by atoms with Crippen molar-refractivity contribution < 1.29 is 9.53 Å². The molecule has 1 aromatic heterocycles. The number of likely N-dealkylation sites (N-methyl/N-ethyl adjacent to an activating group) is 1. The largest absolute Gasteiger partial charge is 0.492 e. The van der Waals surface area contributed by atoms with Crippen LogP contribution in [-0.2, 0) is 11.2 Å². The first-order valence-electron chi connectivity index (χ1n) is 9.14. The molecule has 0 saturated carbocycles. The van der Waals surface area contributed by atoms with Crippen LogP contribution in [-0.4, -0.2) is 40.8 Å². The topological polar surface area (TPSA) is 47.4 Å². The van der Waals surface area contributed by atoms with Crippen LogP contribution >= 0.6 is 0 Å². The zero-order valence-corrected chi connectivity index (χ0v) is 15.8. The molecule has 0 spiro atoms. The molecule has 5 heteroatoms. The molecule has 0 fully saturated rings. The average Bonchev–Trinajstić information content (AvgIpc) is 3.17. The van der Waals surface area contributed by atoms with Gasteiger partial charge < -0.3 is 9.64 Å². The highest BCUT2D eigenvalue weighted by Gasteiger charge is 2.10. The normalized spacial score (nSPS) is 10.6. The van der Waals surface area contributed by atoms with Gasteiger partial charge in [0, 0.05) is 19.7 Å². The number of para-hydroxylation sites is 1. The second-order valence-corrected chi connectivity index (χ2v) is 6.61. The van der Waals surface area contributed by atoms with Gasteiger partial charge in [-0.1, -0.05) is 35.9 Å². The van der Waals surface area contributed by atoms with Crippen LogP contribution < -0.4 is 4.74 Å². The minimum absolute atomic E-state index is 0.106. The SMILES string of the molecule is Cc1ccc(OCCN(C)C(=O)CCc2cnn(-c3ccccc3)c2)cc1. The molecule has 2 aromatic carbocycles. The van der Waals surface area contributed by atoms with Crippen molar-refractivity contribution in [1.82, 2.24) is 14.7 Å². The molecule has 3 rings (SSSR count). The van der Waals surface area contributed by atoms with Gasteiger partial charge in [-0.2, -0.15) is 5.10 Å². The first-order valence-corrected chi connectivity index (χ1v) is 9.14. The predicted molar refractivity (Wildman–Crippen MR) is 106 cm³/mol. The van der Waals surface area contributed by atoms with Crippen LogP contribution in [0.2, 0.25) is 0 Å². The Morgan fingerprint density at radius 3 is 2.59 bits per heavy atom. The van der Waals surface area contributed by atoms with Gasteiger partial charge in [-0.3, -0.25) is 4.79 Å². The Bertz CT molecular complexity index is 857. The molecule has 140 valence electrons. The quantitative estimate of drug-likeness (QED) is 0.614. The van der Waals surface area contributed by atoms with Crippen molar-refractivity contribution >= 4 is 5.91 Å². The maximum atomic E-state index is 12.3. The van der Waals surface area contributed by atoms with Gasteiger partial charge in [-0.25, -0.2) is 4.68 Å². The summed E-state index contributed by atoms with van der Waals surface area (Å²) in [5.74, 6) is 0.935. The zero-order valence-electron chi connectivity index (χ0n) is 15.8. The Morgan fingerprint density at radius 1 is 1.11 bits per heavy atom. The van der Waals surface area contributed by atoms with Crippen molar-refractivity contribution in [2.45, 2.75) is 19.8 Å². The summed E-state index contributed by atoms with van der Waals surface area (Å²) in [5, 5.41) is 4.37. The second-order valence-electron chi connectivity index (χ2n) is 6.61. The minimum atomic E-state index is 0.106. The third-order valence-electron chi connectivity index (χ3n) is 4.43. The maximum absolute atomic E-state index is 12.3. The lowest BCUT2D eigenvalue weighted by Gasteiger charge is -2.17. The van der Waals surface area contributed by atoms with Crippen LogP contribution in [0.25, 0.3) is 5.69 Å².